The zero-order valence-electron chi connectivity index (χ0n) is 18.1. The molecular weight excluding hydrogens is 380 g/mol. The van der Waals surface area contributed by atoms with Crippen LogP contribution in [0.15, 0.2) is 6.07 Å². The summed E-state index contributed by atoms with van der Waals surface area (Å²) in [5.41, 5.74) is 3.54. The van der Waals surface area contributed by atoms with Crippen molar-refractivity contribution in [3.63, 3.8) is 0 Å². The van der Waals surface area contributed by atoms with E-state index in [1.807, 2.05) is 22.9 Å². The number of nitrogens with one attached hydrogen (secondary N) is 2. The molecule has 0 aliphatic heterocycles. The van der Waals surface area contributed by atoms with Gasteiger partial charge in [-0.25, -0.2) is 4.68 Å². The molecule has 29 heavy (non-hydrogen) atoms. The van der Waals surface area contributed by atoms with Crippen LogP contribution in [0.1, 0.15) is 54.9 Å². The molecule has 1 aliphatic carbocycles. The molecule has 0 atom stereocenters. The van der Waals surface area contributed by atoms with E-state index >= 15 is 0 Å². The molecule has 0 saturated heterocycles. The summed E-state index contributed by atoms with van der Waals surface area (Å²) in [4.78, 5) is 14.1. The number of anilines is 1. The Bertz CT molecular complexity index is 985. The third kappa shape index (κ3) is 4.16. The van der Waals surface area contributed by atoms with Crippen molar-refractivity contribution in [2.24, 2.45) is 0 Å². The van der Waals surface area contributed by atoms with E-state index in [0.29, 0.717) is 5.95 Å². The number of nitrogens with zero attached hydrogens (tertiary/aromatic N) is 4. The second-order valence-corrected chi connectivity index (χ2v) is 9.17. The highest BCUT2D eigenvalue weighted by atomic mass is 32.1. The molecule has 2 N–H and O–H groups in total. The molecule has 0 bridgehead atoms. The van der Waals surface area contributed by atoms with Crippen molar-refractivity contribution in [3.05, 3.63) is 27.9 Å². The fourth-order valence-electron chi connectivity index (χ4n) is 4.35. The fraction of sp³-hybridized carbons (Fsp3) is 0.591. The lowest BCUT2D eigenvalue weighted by Gasteiger charge is -2.16. The minimum absolute atomic E-state index is 0.679. The van der Waals surface area contributed by atoms with E-state index in [9.17, 15) is 0 Å². The van der Waals surface area contributed by atoms with Crippen molar-refractivity contribution in [2.45, 2.75) is 59.8 Å². The topological polar surface area (TPSA) is 60.1 Å². The van der Waals surface area contributed by atoms with E-state index in [0.717, 1.165) is 41.4 Å². The smallest absolute Gasteiger partial charge is 0.254 e. The van der Waals surface area contributed by atoms with Crippen LogP contribution in [0.25, 0.3) is 16.2 Å². The lowest BCUT2D eigenvalue weighted by Crippen LogP contribution is -3.11. The Morgan fingerprint density at radius 3 is 2.66 bits per heavy atom. The molecule has 7 heteroatoms. The van der Waals surface area contributed by atoms with Crippen LogP contribution in [0.3, 0.4) is 0 Å². The number of thiophene rings is 1. The predicted octanol–water partition coefficient (Wildman–Crippen LogP) is 3.10. The second-order valence-electron chi connectivity index (χ2n) is 8.09. The van der Waals surface area contributed by atoms with Crippen LogP contribution in [0, 0.1) is 13.8 Å². The third-order valence-corrected chi connectivity index (χ3v) is 7.19. The predicted molar refractivity (Wildman–Crippen MR) is 121 cm³/mol. The first-order valence-corrected chi connectivity index (χ1v) is 11.9. The summed E-state index contributed by atoms with van der Waals surface area (Å²) in [6.45, 7) is 13.1. The molecule has 1 aliphatic rings. The molecule has 6 nitrogen and oxygen atoms in total. The van der Waals surface area contributed by atoms with Crippen LogP contribution in [-0.2, 0) is 12.8 Å². The first kappa shape index (κ1) is 20.3. The van der Waals surface area contributed by atoms with Crippen LogP contribution in [0.4, 0.5) is 5.82 Å². The van der Waals surface area contributed by atoms with Gasteiger partial charge in [-0.05, 0) is 65.0 Å². The normalized spacial score (nSPS) is 14.0. The summed E-state index contributed by atoms with van der Waals surface area (Å²) < 4.78 is 1.87. The van der Waals surface area contributed by atoms with Crippen molar-refractivity contribution in [3.8, 4) is 5.95 Å². The zero-order chi connectivity index (χ0) is 20.4. The number of aryl methyl sites for hydroxylation is 4. The van der Waals surface area contributed by atoms with Gasteiger partial charge in [0.25, 0.3) is 5.95 Å². The van der Waals surface area contributed by atoms with E-state index < -0.39 is 0 Å². The Morgan fingerprint density at radius 1 is 1.14 bits per heavy atom. The molecule has 156 valence electrons. The molecule has 0 spiro atoms. The van der Waals surface area contributed by atoms with Gasteiger partial charge in [-0.3, -0.25) is 0 Å². The third-order valence-electron chi connectivity index (χ3n) is 6.00. The van der Waals surface area contributed by atoms with Crippen molar-refractivity contribution in [2.75, 3.05) is 31.5 Å². The van der Waals surface area contributed by atoms with Crippen LogP contribution in [0.2, 0.25) is 0 Å². The van der Waals surface area contributed by atoms with E-state index in [-0.39, 0.29) is 0 Å². The van der Waals surface area contributed by atoms with E-state index in [2.05, 4.69) is 37.3 Å². The van der Waals surface area contributed by atoms with Crippen molar-refractivity contribution in [1.29, 1.82) is 0 Å². The Hall–Kier alpha value is -1.99. The summed E-state index contributed by atoms with van der Waals surface area (Å²) in [5, 5.41) is 9.54. The van der Waals surface area contributed by atoms with Crippen molar-refractivity contribution in [1.82, 2.24) is 19.7 Å². The minimum atomic E-state index is 0.679. The van der Waals surface area contributed by atoms with Gasteiger partial charge in [0.15, 0.2) is 0 Å². The highest BCUT2D eigenvalue weighted by molar-refractivity contribution is 7.19. The number of aromatic nitrogens is 4. The van der Waals surface area contributed by atoms with Gasteiger partial charge in [0.05, 0.1) is 30.7 Å². The Kier molecular flexibility index (Phi) is 6.15. The molecule has 0 aromatic carbocycles. The Morgan fingerprint density at radius 2 is 1.93 bits per heavy atom. The molecule has 3 heterocycles. The van der Waals surface area contributed by atoms with Gasteiger partial charge in [0.2, 0.25) is 0 Å². The number of fused-ring (bicyclic) bond motifs is 3. The lowest BCUT2D eigenvalue weighted by molar-refractivity contribution is -0.896. The summed E-state index contributed by atoms with van der Waals surface area (Å²) in [7, 11) is 0. The standard InChI is InChI=1S/C22H32N6S/c1-5-27(6-2)13-9-12-23-20-19-17-10-7-8-11-18(17)29-21(19)25-22(24-20)28-16(4)14-15(3)26-28/h14H,5-13H2,1-4H3,(H,23,24,25)/p+1. The van der Waals surface area contributed by atoms with Gasteiger partial charge in [0.1, 0.15) is 10.6 Å². The SMILES string of the molecule is CC[NH+](CC)CCCNc1nc(-n2nc(C)cc2C)nc2sc3c(c12)CCCC3. The van der Waals surface area contributed by atoms with E-state index in [1.165, 1.54) is 54.7 Å². The van der Waals surface area contributed by atoms with Crippen molar-refractivity contribution >= 4 is 27.4 Å². The lowest BCUT2D eigenvalue weighted by atomic mass is 9.97. The molecule has 3 aromatic rings. The summed E-state index contributed by atoms with van der Waals surface area (Å²) in [6.07, 6.45) is 6.02. The molecule has 0 fully saturated rings. The van der Waals surface area contributed by atoms with Gasteiger partial charge < -0.3 is 10.2 Å². The van der Waals surface area contributed by atoms with Gasteiger partial charge in [-0.1, -0.05) is 0 Å². The minimum Gasteiger partial charge on any atom is -0.369 e. The monoisotopic (exact) mass is 413 g/mol. The van der Waals surface area contributed by atoms with Crippen LogP contribution in [0.5, 0.6) is 0 Å². The maximum absolute atomic E-state index is 4.96. The highest BCUT2D eigenvalue weighted by Gasteiger charge is 2.22. The summed E-state index contributed by atoms with van der Waals surface area (Å²) in [5.74, 6) is 1.67. The zero-order valence-corrected chi connectivity index (χ0v) is 19.0. The summed E-state index contributed by atoms with van der Waals surface area (Å²) >= 11 is 1.85. The fourth-order valence-corrected chi connectivity index (χ4v) is 5.61. The average Bonchev–Trinajstić information content (AvgIpc) is 3.26. The highest BCUT2D eigenvalue weighted by Crippen LogP contribution is 2.39. The maximum atomic E-state index is 4.96. The van der Waals surface area contributed by atoms with Crippen LogP contribution < -0.4 is 10.2 Å². The molecule has 0 radical (unpaired) electrons. The summed E-state index contributed by atoms with van der Waals surface area (Å²) in [6, 6.07) is 2.08. The maximum Gasteiger partial charge on any atom is 0.254 e. The molecule has 0 unspecified atom stereocenters. The van der Waals surface area contributed by atoms with Crippen molar-refractivity contribution < 1.29 is 4.90 Å². The van der Waals surface area contributed by atoms with Crippen LogP contribution >= 0.6 is 11.3 Å². The van der Waals surface area contributed by atoms with Gasteiger partial charge in [-0.2, -0.15) is 15.1 Å². The first-order valence-electron chi connectivity index (χ1n) is 11.0. The number of hydrogen-bond donors (Lipinski definition) is 2. The quantitative estimate of drug-likeness (QED) is 0.557. The molecule has 0 saturated carbocycles. The molecule has 3 aromatic heterocycles. The average molecular weight is 414 g/mol. The van der Waals surface area contributed by atoms with Gasteiger partial charge in [-0.15, -0.1) is 11.3 Å². The van der Waals surface area contributed by atoms with Gasteiger partial charge >= 0.3 is 0 Å². The Labute approximate surface area is 177 Å². The largest absolute Gasteiger partial charge is 0.369 e. The molecular formula is C22H33N6S+. The Balaban J connectivity index is 1.67. The second kappa shape index (κ2) is 8.79. The number of rotatable bonds is 8. The van der Waals surface area contributed by atoms with E-state index in [4.69, 9.17) is 9.97 Å². The van der Waals surface area contributed by atoms with Gasteiger partial charge in [0, 0.05) is 23.5 Å². The number of hydrogen-bond acceptors (Lipinski definition) is 5. The van der Waals surface area contributed by atoms with E-state index in [1.54, 1.807) is 4.90 Å². The molecule has 0 amide bonds. The number of quaternary nitrogens is 1. The first-order chi connectivity index (χ1) is 14.1. The molecule has 4 rings (SSSR count). The van der Waals surface area contributed by atoms with Crippen LogP contribution in [-0.4, -0.2) is 45.9 Å².